The lowest BCUT2D eigenvalue weighted by Gasteiger charge is -2.19. The number of benzene rings is 1. The highest BCUT2D eigenvalue weighted by Crippen LogP contribution is 2.24. The lowest BCUT2D eigenvalue weighted by molar-refractivity contribution is -0.127. The number of carbonyl (C=O) groups excluding carboxylic acids is 3. The minimum absolute atomic E-state index is 0.0242. The summed E-state index contributed by atoms with van der Waals surface area (Å²) in [5.41, 5.74) is 3.21. The number of carbonyl (C=O) groups is 3. The lowest BCUT2D eigenvalue weighted by Crippen LogP contribution is -2.44. The summed E-state index contributed by atoms with van der Waals surface area (Å²) in [5, 5.41) is 5.70. The fourth-order valence-corrected chi connectivity index (χ4v) is 3.60. The molecule has 1 aromatic carbocycles. The molecule has 7 heteroatoms. The van der Waals surface area contributed by atoms with Crippen LogP contribution < -0.4 is 15.5 Å². The normalized spacial score (nSPS) is 19.7. The molecule has 2 heterocycles. The van der Waals surface area contributed by atoms with Crippen LogP contribution in [0.2, 0.25) is 0 Å². The SMILES string of the molecule is Cc1ccc(N2CC(NC(=O)NCCCN3CCCC3=O)CC2=O)cc1C. The van der Waals surface area contributed by atoms with Crippen LogP contribution in [0, 0.1) is 13.8 Å². The first-order valence-electron chi connectivity index (χ1n) is 9.64. The highest BCUT2D eigenvalue weighted by Gasteiger charge is 2.31. The third-order valence-corrected chi connectivity index (χ3v) is 5.32. The average molecular weight is 372 g/mol. The van der Waals surface area contributed by atoms with Crippen molar-refractivity contribution in [3.05, 3.63) is 29.3 Å². The first-order chi connectivity index (χ1) is 12.9. The van der Waals surface area contributed by atoms with E-state index in [0.717, 1.165) is 30.6 Å². The molecule has 27 heavy (non-hydrogen) atoms. The zero-order valence-corrected chi connectivity index (χ0v) is 16.1. The molecule has 0 spiro atoms. The van der Waals surface area contributed by atoms with Gasteiger partial charge in [0.1, 0.15) is 0 Å². The van der Waals surface area contributed by atoms with Crippen molar-refractivity contribution in [1.82, 2.24) is 15.5 Å². The van der Waals surface area contributed by atoms with Gasteiger partial charge in [0.2, 0.25) is 11.8 Å². The Hall–Kier alpha value is -2.57. The van der Waals surface area contributed by atoms with Gasteiger partial charge in [-0.25, -0.2) is 4.79 Å². The number of nitrogens with one attached hydrogen (secondary N) is 2. The van der Waals surface area contributed by atoms with Crippen molar-refractivity contribution in [3.8, 4) is 0 Å². The van der Waals surface area contributed by atoms with Crippen molar-refractivity contribution in [1.29, 1.82) is 0 Å². The van der Waals surface area contributed by atoms with Gasteiger partial charge < -0.3 is 20.4 Å². The maximum absolute atomic E-state index is 12.3. The topological polar surface area (TPSA) is 81.8 Å². The van der Waals surface area contributed by atoms with E-state index in [2.05, 4.69) is 10.6 Å². The fraction of sp³-hybridized carbons (Fsp3) is 0.550. The van der Waals surface area contributed by atoms with Gasteiger partial charge in [0.15, 0.2) is 0 Å². The van der Waals surface area contributed by atoms with Gasteiger partial charge in [-0.15, -0.1) is 0 Å². The summed E-state index contributed by atoms with van der Waals surface area (Å²) >= 11 is 0. The molecule has 2 fully saturated rings. The average Bonchev–Trinajstić information content (AvgIpc) is 3.19. The molecule has 2 saturated heterocycles. The second kappa shape index (κ2) is 8.41. The molecule has 0 radical (unpaired) electrons. The highest BCUT2D eigenvalue weighted by atomic mass is 16.2. The molecular weight excluding hydrogens is 344 g/mol. The number of aryl methyl sites for hydroxylation is 2. The van der Waals surface area contributed by atoms with Crippen molar-refractivity contribution in [3.63, 3.8) is 0 Å². The maximum Gasteiger partial charge on any atom is 0.315 e. The van der Waals surface area contributed by atoms with Crippen molar-refractivity contribution in [2.24, 2.45) is 0 Å². The summed E-state index contributed by atoms with van der Waals surface area (Å²) in [4.78, 5) is 39.5. The van der Waals surface area contributed by atoms with E-state index in [1.54, 1.807) is 4.90 Å². The Morgan fingerprint density at radius 3 is 2.70 bits per heavy atom. The number of hydrogen-bond donors (Lipinski definition) is 2. The summed E-state index contributed by atoms with van der Waals surface area (Å²) in [5.74, 6) is 0.228. The summed E-state index contributed by atoms with van der Waals surface area (Å²) < 4.78 is 0. The molecule has 7 nitrogen and oxygen atoms in total. The van der Waals surface area contributed by atoms with Crippen LogP contribution in [0.5, 0.6) is 0 Å². The highest BCUT2D eigenvalue weighted by molar-refractivity contribution is 5.96. The quantitative estimate of drug-likeness (QED) is 0.746. The monoisotopic (exact) mass is 372 g/mol. The number of amides is 4. The molecule has 146 valence electrons. The summed E-state index contributed by atoms with van der Waals surface area (Å²) in [6, 6.07) is 5.51. The molecule has 2 aliphatic rings. The van der Waals surface area contributed by atoms with Crippen molar-refractivity contribution >= 4 is 23.5 Å². The van der Waals surface area contributed by atoms with Gasteiger partial charge in [-0.1, -0.05) is 6.07 Å². The number of hydrogen-bond acceptors (Lipinski definition) is 3. The molecule has 2 N–H and O–H groups in total. The minimum atomic E-state index is -0.262. The van der Waals surface area contributed by atoms with Crippen molar-refractivity contribution in [2.75, 3.05) is 31.1 Å². The van der Waals surface area contributed by atoms with E-state index in [4.69, 9.17) is 0 Å². The Kier molecular flexibility index (Phi) is 5.98. The minimum Gasteiger partial charge on any atom is -0.343 e. The van der Waals surface area contributed by atoms with E-state index in [0.29, 0.717) is 32.5 Å². The van der Waals surface area contributed by atoms with Crippen LogP contribution in [0.4, 0.5) is 10.5 Å². The van der Waals surface area contributed by atoms with Crippen LogP contribution in [0.25, 0.3) is 0 Å². The van der Waals surface area contributed by atoms with Gasteiger partial charge in [0.05, 0.1) is 6.04 Å². The molecular formula is C20H28N4O3. The number of anilines is 1. The maximum atomic E-state index is 12.3. The van der Waals surface area contributed by atoms with Crippen LogP contribution in [-0.2, 0) is 9.59 Å². The molecule has 2 aliphatic heterocycles. The van der Waals surface area contributed by atoms with E-state index in [-0.39, 0.29) is 23.9 Å². The van der Waals surface area contributed by atoms with Crippen LogP contribution in [0.3, 0.4) is 0 Å². The Bertz CT molecular complexity index is 734. The zero-order valence-electron chi connectivity index (χ0n) is 16.1. The third kappa shape index (κ3) is 4.78. The van der Waals surface area contributed by atoms with Gasteiger partial charge in [-0.2, -0.15) is 0 Å². The molecule has 0 aliphatic carbocycles. The van der Waals surface area contributed by atoms with Crippen LogP contribution in [0.15, 0.2) is 18.2 Å². The van der Waals surface area contributed by atoms with Gasteiger partial charge >= 0.3 is 6.03 Å². The van der Waals surface area contributed by atoms with E-state index >= 15 is 0 Å². The fourth-order valence-electron chi connectivity index (χ4n) is 3.60. The molecule has 1 unspecified atom stereocenters. The first-order valence-corrected chi connectivity index (χ1v) is 9.64. The van der Waals surface area contributed by atoms with E-state index in [9.17, 15) is 14.4 Å². The standard InChI is InChI=1S/C20H28N4O3/c1-14-6-7-17(11-15(14)2)24-13-16(12-19(24)26)22-20(27)21-8-4-10-23-9-3-5-18(23)25/h6-7,11,16H,3-5,8-10,12-13H2,1-2H3,(H2,21,22,27). The van der Waals surface area contributed by atoms with Crippen molar-refractivity contribution in [2.45, 2.75) is 45.6 Å². The molecule has 4 amide bonds. The molecule has 3 rings (SSSR count). The van der Waals surface area contributed by atoms with Gasteiger partial charge in [-0.3, -0.25) is 9.59 Å². The molecule has 0 saturated carbocycles. The van der Waals surface area contributed by atoms with Gasteiger partial charge in [0.25, 0.3) is 0 Å². The number of rotatable bonds is 6. The van der Waals surface area contributed by atoms with Crippen LogP contribution in [-0.4, -0.2) is 55.0 Å². The summed E-state index contributed by atoms with van der Waals surface area (Å²) in [7, 11) is 0. The Labute approximate surface area is 160 Å². The van der Waals surface area contributed by atoms with E-state index < -0.39 is 0 Å². The van der Waals surface area contributed by atoms with Gasteiger partial charge in [-0.05, 0) is 49.9 Å². The smallest absolute Gasteiger partial charge is 0.315 e. The number of urea groups is 1. The lowest BCUT2D eigenvalue weighted by atomic mass is 10.1. The third-order valence-electron chi connectivity index (χ3n) is 5.32. The molecule has 1 atom stereocenters. The summed E-state index contributed by atoms with van der Waals surface area (Å²) in [6.45, 7) is 6.57. The molecule has 1 aromatic rings. The Balaban J connectivity index is 1.41. The van der Waals surface area contributed by atoms with Crippen LogP contribution in [0.1, 0.15) is 36.8 Å². The Morgan fingerprint density at radius 1 is 1.19 bits per heavy atom. The predicted octanol–water partition coefficient (Wildman–Crippen LogP) is 1.72. The Morgan fingerprint density at radius 2 is 2.00 bits per heavy atom. The zero-order chi connectivity index (χ0) is 19.4. The summed E-state index contributed by atoms with van der Waals surface area (Å²) in [6.07, 6.45) is 2.61. The van der Waals surface area contributed by atoms with Crippen molar-refractivity contribution < 1.29 is 14.4 Å². The predicted molar refractivity (Wildman–Crippen MR) is 104 cm³/mol. The number of likely N-dealkylation sites (tertiary alicyclic amines) is 1. The first kappa shape index (κ1) is 19.2. The van der Waals surface area contributed by atoms with Crippen LogP contribution >= 0.6 is 0 Å². The van der Waals surface area contributed by atoms with E-state index in [1.807, 2.05) is 36.9 Å². The second-order valence-electron chi connectivity index (χ2n) is 7.41. The molecule has 0 aromatic heterocycles. The largest absolute Gasteiger partial charge is 0.343 e. The number of nitrogens with zero attached hydrogens (tertiary/aromatic N) is 2. The molecule has 0 bridgehead atoms. The second-order valence-corrected chi connectivity index (χ2v) is 7.41. The van der Waals surface area contributed by atoms with E-state index in [1.165, 1.54) is 5.56 Å². The van der Waals surface area contributed by atoms with Gasteiger partial charge in [0, 0.05) is 44.7 Å².